The Bertz CT molecular complexity index is 1020. The van der Waals surface area contributed by atoms with Crippen LogP contribution in [0.15, 0.2) is 18.2 Å². The highest BCUT2D eigenvalue weighted by atomic mass is 16.6. The number of nitrogens with zero attached hydrogens (tertiary/aromatic N) is 1. The van der Waals surface area contributed by atoms with E-state index in [1.807, 2.05) is 32.6 Å². The molecule has 2 saturated heterocycles. The number of rotatable bonds is 3. The number of carbonyl (C=O) groups excluding carboxylic acids is 4. The van der Waals surface area contributed by atoms with Gasteiger partial charge >= 0.3 is 12.1 Å². The van der Waals surface area contributed by atoms with Crippen molar-refractivity contribution >= 4 is 29.6 Å². The lowest BCUT2D eigenvalue weighted by Crippen LogP contribution is -2.69. The summed E-state index contributed by atoms with van der Waals surface area (Å²) in [5.41, 5.74) is -0.458. The Morgan fingerprint density at radius 2 is 1.82 bits per heavy atom. The van der Waals surface area contributed by atoms with Crippen LogP contribution in [0.1, 0.15) is 57.6 Å². The van der Waals surface area contributed by atoms with Gasteiger partial charge in [0.05, 0.1) is 11.1 Å². The molecule has 5 amide bonds. The van der Waals surface area contributed by atoms with Crippen LogP contribution < -0.4 is 21.3 Å². The van der Waals surface area contributed by atoms with E-state index in [4.69, 9.17) is 4.74 Å². The molecule has 33 heavy (non-hydrogen) atoms. The Morgan fingerprint density at radius 3 is 2.39 bits per heavy atom. The molecule has 1 aromatic rings. The largest absolute Gasteiger partial charge is 0.427 e. The van der Waals surface area contributed by atoms with Crippen LogP contribution in [0.3, 0.4) is 0 Å². The van der Waals surface area contributed by atoms with Gasteiger partial charge in [0.15, 0.2) is 0 Å². The van der Waals surface area contributed by atoms with Crippen molar-refractivity contribution in [2.75, 3.05) is 25.5 Å². The van der Waals surface area contributed by atoms with Gasteiger partial charge in [0.1, 0.15) is 0 Å². The number of carbonyl (C=O) groups is 4. The first-order valence-electron chi connectivity index (χ1n) is 11.1. The number of imide groups is 1. The van der Waals surface area contributed by atoms with Crippen LogP contribution in [-0.4, -0.2) is 60.1 Å². The summed E-state index contributed by atoms with van der Waals surface area (Å²) in [6.45, 7) is 9.46. The zero-order valence-corrected chi connectivity index (χ0v) is 19.6. The second kappa shape index (κ2) is 7.72. The number of urea groups is 1. The molecule has 0 radical (unpaired) electrons. The maximum atomic E-state index is 13.7. The predicted octanol–water partition coefficient (Wildman–Crippen LogP) is 1.77. The van der Waals surface area contributed by atoms with E-state index >= 15 is 0 Å². The molecule has 1 aromatic carbocycles. The molecule has 0 aromatic heterocycles. The van der Waals surface area contributed by atoms with Gasteiger partial charge in [0, 0.05) is 44.2 Å². The quantitative estimate of drug-likeness (QED) is 0.548. The Hall–Kier alpha value is -3.14. The lowest BCUT2D eigenvalue weighted by atomic mass is 9.86. The molecule has 2 atom stereocenters. The first kappa shape index (κ1) is 23.0. The number of anilines is 1. The molecular weight excluding hydrogens is 426 g/mol. The van der Waals surface area contributed by atoms with E-state index in [0.717, 1.165) is 0 Å². The van der Waals surface area contributed by atoms with Gasteiger partial charge in [-0.05, 0) is 51.3 Å². The standard InChI is InChI=1S/C23H31N5O5/c1-21(2)11-25-12-22(3,4)28(21)17(29)8-13-10-23(18(30)27-20(32)33-23)16-7-6-14(9-15(13)16)26-19(31)24-5/h6-7,9,13,25H,8,10-12H2,1-5H3,(H2,24,26,31)(H,27,30,32)/t13?,23-/m1/s1. The number of nitrogens with one attached hydrogen (secondary N) is 4. The van der Waals surface area contributed by atoms with E-state index in [-0.39, 0.29) is 30.7 Å². The molecule has 1 spiro atoms. The highest BCUT2D eigenvalue weighted by Gasteiger charge is 2.58. The Morgan fingerprint density at radius 1 is 1.15 bits per heavy atom. The summed E-state index contributed by atoms with van der Waals surface area (Å²) in [7, 11) is 1.51. The zero-order chi connectivity index (χ0) is 24.2. The first-order valence-corrected chi connectivity index (χ1v) is 11.1. The van der Waals surface area contributed by atoms with Gasteiger partial charge in [-0.2, -0.15) is 0 Å². The van der Waals surface area contributed by atoms with Crippen LogP contribution in [0.2, 0.25) is 0 Å². The summed E-state index contributed by atoms with van der Waals surface area (Å²) in [4.78, 5) is 52.1. The minimum Gasteiger partial charge on any atom is -0.427 e. The molecular formula is C23H31N5O5. The van der Waals surface area contributed by atoms with E-state index < -0.39 is 28.7 Å². The third-order valence-corrected chi connectivity index (χ3v) is 6.79. The lowest BCUT2D eigenvalue weighted by Gasteiger charge is -2.53. The molecule has 3 aliphatic rings. The van der Waals surface area contributed by atoms with Crippen LogP contribution in [0.5, 0.6) is 0 Å². The van der Waals surface area contributed by atoms with Crippen LogP contribution in [0.25, 0.3) is 0 Å². The van der Waals surface area contributed by atoms with Crippen molar-refractivity contribution in [2.24, 2.45) is 0 Å². The van der Waals surface area contributed by atoms with Crippen molar-refractivity contribution in [3.05, 3.63) is 29.3 Å². The van der Waals surface area contributed by atoms with Crippen LogP contribution in [0.4, 0.5) is 15.3 Å². The van der Waals surface area contributed by atoms with Crippen molar-refractivity contribution in [1.82, 2.24) is 20.9 Å². The highest BCUT2D eigenvalue weighted by Crippen LogP contribution is 2.51. The van der Waals surface area contributed by atoms with Crippen molar-refractivity contribution < 1.29 is 23.9 Å². The average molecular weight is 458 g/mol. The van der Waals surface area contributed by atoms with E-state index in [2.05, 4.69) is 21.3 Å². The van der Waals surface area contributed by atoms with Crippen LogP contribution in [0, 0.1) is 0 Å². The number of benzene rings is 1. The summed E-state index contributed by atoms with van der Waals surface area (Å²) in [6.07, 6.45) is -0.479. The number of hydrogen-bond donors (Lipinski definition) is 4. The monoisotopic (exact) mass is 457 g/mol. The second-order valence-corrected chi connectivity index (χ2v) is 10.2. The van der Waals surface area contributed by atoms with Crippen molar-refractivity contribution in [1.29, 1.82) is 0 Å². The number of ether oxygens (including phenoxy) is 1. The molecule has 2 fully saturated rings. The van der Waals surface area contributed by atoms with E-state index in [1.54, 1.807) is 18.2 Å². The number of hydrogen-bond acceptors (Lipinski definition) is 6. The van der Waals surface area contributed by atoms with Crippen molar-refractivity contribution in [3.63, 3.8) is 0 Å². The minimum absolute atomic E-state index is 0.0334. The lowest BCUT2D eigenvalue weighted by molar-refractivity contribution is -0.148. The second-order valence-electron chi connectivity index (χ2n) is 10.2. The van der Waals surface area contributed by atoms with Crippen LogP contribution in [-0.2, 0) is 19.9 Å². The molecule has 1 aliphatic carbocycles. The smallest absolute Gasteiger partial charge is 0.415 e. The summed E-state index contributed by atoms with van der Waals surface area (Å²) in [5, 5.41) is 10.8. The van der Waals surface area contributed by atoms with Crippen molar-refractivity contribution in [3.8, 4) is 0 Å². The molecule has 2 aliphatic heterocycles. The van der Waals surface area contributed by atoms with Crippen LogP contribution >= 0.6 is 0 Å². The summed E-state index contributed by atoms with van der Waals surface area (Å²) in [6, 6.07) is 4.71. The molecule has 4 rings (SSSR count). The molecule has 0 saturated carbocycles. The van der Waals surface area contributed by atoms with Gasteiger partial charge in [0.2, 0.25) is 11.5 Å². The molecule has 1 unspecified atom stereocenters. The van der Waals surface area contributed by atoms with E-state index in [1.165, 1.54) is 7.05 Å². The highest BCUT2D eigenvalue weighted by molar-refractivity contribution is 6.04. The van der Waals surface area contributed by atoms with Gasteiger partial charge in [-0.1, -0.05) is 6.07 Å². The van der Waals surface area contributed by atoms with Crippen molar-refractivity contribution in [2.45, 2.75) is 63.1 Å². The first-order chi connectivity index (χ1) is 15.4. The van der Waals surface area contributed by atoms with E-state index in [9.17, 15) is 19.2 Å². The summed E-state index contributed by atoms with van der Waals surface area (Å²) in [5.74, 6) is -0.926. The number of fused-ring (bicyclic) bond motifs is 2. The third-order valence-electron chi connectivity index (χ3n) is 6.79. The Balaban J connectivity index is 1.70. The van der Waals surface area contributed by atoms with Gasteiger partial charge < -0.3 is 25.6 Å². The Labute approximate surface area is 192 Å². The van der Waals surface area contributed by atoms with Gasteiger partial charge in [-0.25, -0.2) is 9.59 Å². The maximum absolute atomic E-state index is 13.7. The molecule has 10 nitrogen and oxygen atoms in total. The molecule has 4 N–H and O–H groups in total. The van der Waals surface area contributed by atoms with E-state index in [0.29, 0.717) is 29.9 Å². The molecule has 2 heterocycles. The maximum Gasteiger partial charge on any atom is 0.415 e. The average Bonchev–Trinajstić information content (AvgIpc) is 3.15. The number of piperazine rings is 1. The van der Waals surface area contributed by atoms with Gasteiger partial charge in [-0.3, -0.25) is 14.9 Å². The zero-order valence-electron chi connectivity index (χ0n) is 19.6. The van der Waals surface area contributed by atoms with Gasteiger partial charge in [-0.15, -0.1) is 0 Å². The molecule has 178 valence electrons. The fourth-order valence-electron chi connectivity index (χ4n) is 5.65. The fraction of sp³-hybridized carbons (Fsp3) is 0.565. The topological polar surface area (TPSA) is 129 Å². The predicted molar refractivity (Wildman–Crippen MR) is 121 cm³/mol. The molecule has 0 bridgehead atoms. The molecule has 10 heteroatoms. The number of amides is 5. The normalized spacial score (nSPS) is 27.1. The SMILES string of the molecule is CNC(=O)Nc1ccc2c(c1)C(CC(=O)N1C(C)(C)CNCC1(C)C)C[C@@]21OC(=O)NC1=O. The fourth-order valence-corrected chi connectivity index (χ4v) is 5.65. The summed E-state index contributed by atoms with van der Waals surface area (Å²) < 4.78 is 5.50. The number of alkyl carbamates (subject to hydrolysis) is 1. The Kier molecular flexibility index (Phi) is 5.39. The van der Waals surface area contributed by atoms with Gasteiger partial charge in [0.25, 0.3) is 5.91 Å². The minimum atomic E-state index is -1.46. The summed E-state index contributed by atoms with van der Waals surface area (Å²) >= 11 is 0. The third kappa shape index (κ3) is 3.82.